The van der Waals surface area contributed by atoms with Crippen LogP contribution in [0.2, 0.25) is 0 Å². The van der Waals surface area contributed by atoms with E-state index in [2.05, 4.69) is 20.8 Å². The third-order valence-corrected chi connectivity index (χ3v) is 14.2. The molecule has 0 heterocycles. The van der Waals surface area contributed by atoms with Gasteiger partial charge in [-0.05, 0) is 136 Å². The van der Waals surface area contributed by atoms with Crippen LogP contribution in [-0.2, 0) is 19.1 Å². The van der Waals surface area contributed by atoms with E-state index in [1.807, 2.05) is 19.9 Å². The van der Waals surface area contributed by atoms with Crippen molar-refractivity contribution >= 4 is 17.5 Å². The lowest BCUT2D eigenvalue weighted by molar-refractivity contribution is -0.159. The highest BCUT2D eigenvalue weighted by molar-refractivity contribution is 5.96. The zero-order chi connectivity index (χ0) is 30.0. The fraction of sp³-hybridized carbons (Fsp3) is 0.811. The average Bonchev–Trinajstić information content (AvgIpc) is 3.46. The maximum Gasteiger partial charge on any atom is 0.305 e. The molecule has 0 aromatic carbocycles. The molecular formula is C37H54O5. The molecule has 0 bridgehead atoms. The van der Waals surface area contributed by atoms with Gasteiger partial charge in [-0.3, -0.25) is 14.4 Å². The average molecular weight is 579 g/mol. The van der Waals surface area contributed by atoms with Gasteiger partial charge in [0.05, 0.1) is 6.10 Å². The van der Waals surface area contributed by atoms with E-state index in [0.29, 0.717) is 41.7 Å². The summed E-state index contributed by atoms with van der Waals surface area (Å²) in [5.41, 5.74) is 4.42. The van der Waals surface area contributed by atoms with Gasteiger partial charge in [-0.25, -0.2) is 0 Å². The quantitative estimate of drug-likeness (QED) is 0.340. The Bertz CT molecular complexity index is 1200. The molecule has 0 aliphatic heterocycles. The van der Waals surface area contributed by atoms with Crippen molar-refractivity contribution in [2.45, 2.75) is 143 Å². The second-order valence-corrected chi connectivity index (χ2v) is 15.8. The number of aliphatic hydroxyl groups is 1. The second kappa shape index (κ2) is 11.0. The van der Waals surface area contributed by atoms with E-state index in [-0.39, 0.29) is 34.4 Å². The number of hydrogen-bond acceptors (Lipinski definition) is 5. The molecule has 0 spiro atoms. The van der Waals surface area contributed by atoms with E-state index in [0.717, 1.165) is 82.1 Å². The summed E-state index contributed by atoms with van der Waals surface area (Å²) in [5.74, 6) is 3.97. The minimum Gasteiger partial charge on any atom is -0.462 e. The van der Waals surface area contributed by atoms with Crippen LogP contribution in [0.25, 0.3) is 0 Å². The van der Waals surface area contributed by atoms with E-state index in [9.17, 15) is 19.5 Å². The van der Waals surface area contributed by atoms with Crippen molar-refractivity contribution in [2.75, 3.05) is 0 Å². The van der Waals surface area contributed by atoms with E-state index >= 15 is 0 Å². The number of carbonyl (C=O) groups is 3. The monoisotopic (exact) mass is 578 g/mol. The number of ether oxygens (including phenoxy) is 1. The van der Waals surface area contributed by atoms with E-state index < -0.39 is 0 Å². The summed E-state index contributed by atoms with van der Waals surface area (Å²) in [7, 11) is 0. The van der Waals surface area contributed by atoms with E-state index in [1.165, 1.54) is 30.4 Å². The molecule has 4 unspecified atom stereocenters. The van der Waals surface area contributed by atoms with Crippen molar-refractivity contribution < 1.29 is 24.2 Å². The zero-order valence-corrected chi connectivity index (χ0v) is 26.8. The first-order valence-corrected chi connectivity index (χ1v) is 17.3. The summed E-state index contributed by atoms with van der Waals surface area (Å²) in [4.78, 5) is 35.6. The van der Waals surface area contributed by atoms with Crippen LogP contribution in [0.5, 0.6) is 0 Å². The van der Waals surface area contributed by atoms with E-state index in [1.54, 1.807) is 0 Å². The minimum absolute atomic E-state index is 0.0411. The molecule has 5 heteroatoms. The van der Waals surface area contributed by atoms with Crippen molar-refractivity contribution in [1.82, 2.24) is 0 Å². The van der Waals surface area contributed by atoms with Crippen molar-refractivity contribution in [2.24, 2.45) is 45.8 Å². The van der Waals surface area contributed by atoms with Crippen molar-refractivity contribution in [3.05, 3.63) is 22.8 Å². The number of allylic oxidation sites excluding steroid dienone is 3. The molecule has 7 rings (SSSR count). The number of carbonyl (C=O) groups excluding carboxylic acids is 3. The lowest BCUT2D eigenvalue weighted by atomic mass is 9.47. The minimum atomic E-state index is -0.119. The van der Waals surface area contributed by atoms with Crippen LogP contribution < -0.4 is 0 Å². The number of fused-ring (bicyclic) bond motifs is 8. The number of esters is 1. The van der Waals surface area contributed by atoms with Gasteiger partial charge >= 0.3 is 5.97 Å². The van der Waals surface area contributed by atoms with Crippen LogP contribution in [-0.4, -0.2) is 34.9 Å². The van der Waals surface area contributed by atoms with Crippen LogP contribution in [0.15, 0.2) is 22.8 Å². The van der Waals surface area contributed by atoms with Gasteiger partial charge in [0.25, 0.3) is 0 Å². The molecule has 5 fully saturated rings. The molecule has 0 amide bonds. The maximum atomic E-state index is 11.9. The predicted octanol–water partition coefficient (Wildman–Crippen LogP) is 7.69. The molecule has 0 saturated heterocycles. The van der Waals surface area contributed by atoms with Crippen LogP contribution in [0.1, 0.15) is 131 Å². The third kappa shape index (κ3) is 4.70. The first-order chi connectivity index (χ1) is 19.9. The number of hydrogen-bond donors (Lipinski definition) is 1. The molecule has 5 nitrogen and oxygen atoms in total. The Morgan fingerprint density at radius 2 is 1.62 bits per heavy atom. The summed E-state index contributed by atoms with van der Waals surface area (Å²) < 4.78 is 5.86. The Morgan fingerprint density at radius 3 is 2.38 bits per heavy atom. The topological polar surface area (TPSA) is 80.7 Å². The lowest BCUT2D eigenvalue weighted by Crippen LogP contribution is -2.51. The Labute approximate surface area is 253 Å². The van der Waals surface area contributed by atoms with Gasteiger partial charge in [0.1, 0.15) is 6.10 Å². The van der Waals surface area contributed by atoms with Gasteiger partial charge in [-0.2, -0.15) is 0 Å². The van der Waals surface area contributed by atoms with Gasteiger partial charge in [-0.15, -0.1) is 0 Å². The van der Waals surface area contributed by atoms with Gasteiger partial charge in [0.15, 0.2) is 11.6 Å². The molecule has 5 saturated carbocycles. The normalized spacial score (nSPS) is 45.9. The molecule has 7 aliphatic rings. The highest BCUT2D eigenvalue weighted by Crippen LogP contribution is 2.65. The zero-order valence-electron chi connectivity index (χ0n) is 26.8. The van der Waals surface area contributed by atoms with Gasteiger partial charge in [0, 0.05) is 24.7 Å². The standard InChI is InChI=1S/C22H32O3.C15H22O2/c1-4-20(24)25-19-8-7-17-16-6-5-14-13-15(23)9-11-21(14,2)18(16)10-12-22(17,19)3;1-9-10-7-8-15(2)12(4-6-14(15)17)11(10)3-5-13(9)16/h13,16-19H,4-12H2,1-3H3;11-12,14,17H,3-8H2,1-2H3/t16-,17-,18-,19-,21-,22-;/m0./s1. The molecule has 10 atom stereocenters. The van der Waals surface area contributed by atoms with Crippen molar-refractivity contribution in [1.29, 1.82) is 0 Å². The molecule has 0 aromatic heterocycles. The summed E-state index contributed by atoms with van der Waals surface area (Å²) in [6.07, 6.45) is 17.1. The fourth-order valence-electron chi connectivity index (χ4n) is 11.5. The number of ketones is 2. The Balaban J connectivity index is 0.000000162. The number of Topliss-reactive ketones (excluding diaryl/α,β-unsaturated/α-hetero) is 1. The Morgan fingerprint density at radius 1 is 0.857 bits per heavy atom. The third-order valence-electron chi connectivity index (χ3n) is 14.2. The highest BCUT2D eigenvalue weighted by Gasteiger charge is 2.60. The highest BCUT2D eigenvalue weighted by atomic mass is 16.5. The molecule has 7 aliphatic carbocycles. The molecule has 1 N–H and O–H groups in total. The van der Waals surface area contributed by atoms with Crippen LogP contribution in [0, 0.1) is 45.8 Å². The number of aliphatic hydroxyl groups excluding tert-OH is 1. The fourth-order valence-corrected chi connectivity index (χ4v) is 11.5. The number of rotatable bonds is 2. The van der Waals surface area contributed by atoms with Crippen LogP contribution in [0.3, 0.4) is 0 Å². The maximum absolute atomic E-state index is 11.9. The predicted molar refractivity (Wildman–Crippen MR) is 163 cm³/mol. The van der Waals surface area contributed by atoms with Gasteiger partial charge in [0.2, 0.25) is 0 Å². The summed E-state index contributed by atoms with van der Waals surface area (Å²) >= 11 is 0. The lowest BCUT2D eigenvalue weighted by Gasteiger charge is -2.57. The molecule has 0 aromatic rings. The Kier molecular flexibility index (Phi) is 7.93. The first-order valence-electron chi connectivity index (χ1n) is 17.3. The summed E-state index contributed by atoms with van der Waals surface area (Å²) in [5, 5.41) is 10.2. The smallest absolute Gasteiger partial charge is 0.305 e. The molecule has 232 valence electrons. The largest absolute Gasteiger partial charge is 0.462 e. The van der Waals surface area contributed by atoms with Crippen molar-refractivity contribution in [3.63, 3.8) is 0 Å². The molecular weight excluding hydrogens is 524 g/mol. The summed E-state index contributed by atoms with van der Waals surface area (Å²) in [6.45, 7) is 11.0. The van der Waals surface area contributed by atoms with Gasteiger partial charge in [-0.1, -0.05) is 38.8 Å². The first kappa shape index (κ1) is 30.3. The second-order valence-electron chi connectivity index (χ2n) is 15.8. The van der Waals surface area contributed by atoms with Crippen molar-refractivity contribution in [3.8, 4) is 0 Å². The SMILES string of the molecule is CC1=C2CCC3(C)C(O)CCC3C2CCC1=O.CCC(=O)O[C@H]1CC[C@H]2[C@@H]3CCC4=CC(=O)CC[C@]4(C)[C@H]3CC[C@]12C. The Hall–Kier alpha value is -1.75. The van der Waals surface area contributed by atoms with Crippen LogP contribution in [0.4, 0.5) is 0 Å². The molecule has 42 heavy (non-hydrogen) atoms. The molecule has 0 radical (unpaired) electrons. The summed E-state index contributed by atoms with van der Waals surface area (Å²) in [6, 6.07) is 0. The van der Waals surface area contributed by atoms with Gasteiger partial charge < -0.3 is 9.84 Å². The van der Waals surface area contributed by atoms with E-state index in [4.69, 9.17) is 4.74 Å². The van der Waals surface area contributed by atoms with Crippen LogP contribution >= 0.6 is 0 Å².